The number of likely N-dealkylation sites (tertiary alicyclic amines) is 1. The van der Waals surface area contributed by atoms with Gasteiger partial charge in [0.2, 0.25) is 5.91 Å². The molecule has 0 spiro atoms. The van der Waals surface area contributed by atoms with E-state index in [0.29, 0.717) is 19.4 Å². The Morgan fingerprint density at radius 1 is 1.42 bits per heavy atom. The van der Waals surface area contributed by atoms with Gasteiger partial charge in [0.25, 0.3) is 0 Å². The highest BCUT2D eigenvalue weighted by atomic mass is 16.4. The van der Waals surface area contributed by atoms with Crippen molar-refractivity contribution in [3.05, 3.63) is 0 Å². The van der Waals surface area contributed by atoms with Gasteiger partial charge in [0.05, 0.1) is 5.92 Å². The number of carbonyl (C=O) groups excluding carboxylic acids is 2. The third-order valence-electron chi connectivity index (χ3n) is 3.46. The van der Waals surface area contributed by atoms with E-state index in [1.807, 2.05) is 0 Å². The monoisotopic (exact) mass is 271 g/mol. The van der Waals surface area contributed by atoms with Gasteiger partial charge in [-0.15, -0.1) is 0 Å². The number of piperidine rings is 1. The highest BCUT2D eigenvalue weighted by Crippen LogP contribution is 2.09. The second-order valence-corrected chi connectivity index (χ2v) is 5.04. The minimum absolute atomic E-state index is 0.0753. The number of carbonyl (C=O) groups is 3. The van der Waals surface area contributed by atoms with Crippen molar-refractivity contribution in [1.82, 2.24) is 15.5 Å². The zero-order chi connectivity index (χ0) is 14.6. The first-order valence-corrected chi connectivity index (χ1v) is 6.35. The number of carboxylic acid groups (broad SMARTS) is 1. The van der Waals surface area contributed by atoms with Gasteiger partial charge in [-0.1, -0.05) is 0 Å². The summed E-state index contributed by atoms with van der Waals surface area (Å²) in [6.07, 6.45) is 1.03. The molecule has 0 aliphatic carbocycles. The Kier molecular flexibility index (Phi) is 5.14. The first-order chi connectivity index (χ1) is 8.81. The summed E-state index contributed by atoms with van der Waals surface area (Å²) in [5.74, 6) is -1.52. The second kappa shape index (κ2) is 6.40. The van der Waals surface area contributed by atoms with Crippen molar-refractivity contribution in [3.8, 4) is 0 Å². The SMILES string of the molecule is CC(NC(=O)NC1CCC(=O)N(C)C1)C(C)C(=O)O. The third kappa shape index (κ3) is 4.42. The normalized spacial score (nSPS) is 22.6. The number of nitrogens with zero attached hydrogens (tertiary/aromatic N) is 1. The van der Waals surface area contributed by atoms with Crippen LogP contribution in [-0.4, -0.2) is 53.6 Å². The standard InChI is InChI=1S/C12H21N3O4/c1-7(11(17)18)8(2)13-12(19)14-9-4-5-10(16)15(3)6-9/h7-9H,4-6H2,1-3H3,(H,17,18)(H2,13,14,19). The number of rotatable bonds is 4. The van der Waals surface area contributed by atoms with Gasteiger partial charge < -0.3 is 20.6 Å². The molecule has 1 aliphatic rings. The van der Waals surface area contributed by atoms with Crippen LogP contribution >= 0.6 is 0 Å². The molecule has 0 aromatic rings. The first kappa shape index (κ1) is 15.3. The van der Waals surface area contributed by atoms with E-state index in [-0.39, 0.29) is 11.9 Å². The highest BCUT2D eigenvalue weighted by molar-refractivity contribution is 5.79. The largest absolute Gasteiger partial charge is 0.481 e. The average molecular weight is 271 g/mol. The van der Waals surface area contributed by atoms with Gasteiger partial charge in [-0.05, 0) is 20.3 Å². The van der Waals surface area contributed by atoms with Crippen molar-refractivity contribution >= 4 is 17.9 Å². The lowest BCUT2D eigenvalue weighted by molar-refractivity contribution is -0.141. The summed E-state index contributed by atoms with van der Waals surface area (Å²) >= 11 is 0. The Morgan fingerprint density at radius 2 is 2.05 bits per heavy atom. The van der Waals surface area contributed by atoms with Gasteiger partial charge in [-0.25, -0.2) is 4.79 Å². The summed E-state index contributed by atoms with van der Waals surface area (Å²) in [5.41, 5.74) is 0. The number of urea groups is 1. The van der Waals surface area contributed by atoms with Crippen LogP contribution in [0.15, 0.2) is 0 Å². The van der Waals surface area contributed by atoms with Gasteiger partial charge in [0.15, 0.2) is 0 Å². The minimum Gasteiger partial charge on any atom is -0.481 e. The summed E-state index contributed by atoms with van der Waals surface area (Å²) in [6.45, 7) is 3.67. The van der Waals surface area contributed by atoms with Crippen molar-refractivity contribution in [2.75, 3.05) is 13.6 Å². The molecule has 3 atom stereocenters. The molecule has 0 saturated carbocycles. The zero-order valence-electron chi connectivity index (χ0n) is 11.5. The summed E-state index contributed by atoms with van der Waals surface area (Å²) < 4.78 is 0. The van der Waals surface area contributed by atoms with Crippen molar-refractivity contribution in [3.63, 3.8) is 0 Å². The van der Waals surface area contributed by atoms with Crippen LogP contribution < -0.4 is 10.6 Å². The highest BCUT2D eigenvalue weighted by Gasteiger charge is 2.26. The molecule has 1 fully saturated rings. The van der Waals surface area contributed by atoms with Gasteiger partial charge in [0.1, 0.15) is 0 Å². The van der Waals surface area contributed by atoms with Crippen LogP contribution in [0.1, 0.15) is 26.7 Å². The van der Waals surface area contributed by atoms with E-state index in [2.05, 4.69) is 10.6 Å². The van der Waals surface area contributed by atoms with Crippen LogP contribution in [0.5, 0.6) is 0 Å². The maximum atomic E-state index is 11.7. The molecule has 7 nitrogen and oxygen atoms in total. The molecular formula is C12H21N3O4. The van der Waals surface area contributed by atoms with Crippen LogP contribution in [0.4, 0.5) is 4.79 Å². The molecule has 0 aromatic heterocycles. The lowest BCUT2D eigenvalue weighted by Gasteiger charge is -2.30. The maximum Gasteiger partial charge on any atom is 0.315 e. The Hall–Kier alpha value is -1.79. The van der Waals surface area contributed by atoms with Crippen LogP contribution in [0, 0.1) is 5.92 Å². The van der Waals surface area contributed by atoms with Crippen molar-refractivity contribution in [1.29, 1.82) is 0 Å². The Morgan fingerprint density at radius 3 is 2.58 bits per heavy atom. The number of nitrogens with one attached hydrogen (secondary N) is 2. The minimum atomic E-state index is -0.948. The lowest BCUT2D eigenvalue weighted by atomic mass is 10.0. The van der Waals surface area contributed by atoms with Gasteiger partial charge in [0, 0.05) is 32.1 Å². The van der Waals surface area contributed by atoms with E-state index in [0.717, 1.165) is 0 Å². The van der Waals surface area contributed by atoms with E-state index in [1.165, 1.54) is 0 Å². The summed E-state index contributed by atoms with van der Waals surface area (Å²) in [4.78, 5) is 35.4. The summed E-state index contributed by atoms with van der Waals surface area (Å²) in [5, 5.41) is 14.2. The molecule has 19 heavy (non-hydrogen) atoms. The van der Waals surface area contributed by atoms with Crippen LogP contribution in [0.2, 0.25) is 0 Å². The summed E-state index contributed by atoms with van der Waals surface area (Å²) in [7, 11) is 1.70. The second-order valence-electron chi connectivity index (χ2n) is 5.04. The number of hydrogen-bond donors (Lipinski definition) is 3. The molecule has 1 aliphatic heterocycles. The molecule has 0 aromatic carbocycles. The van der Waals surface area contributed by atoms with Crippen LogP contribution in [0.3, 0.4) is 0 Å². The van der Waals surface area contributed by atoms with E-state index >= 15 is 0 Å². The number of likely N-dealkylation sites (N-methyl/N-ethyl adjacent to an activating group) is 1. The molecule has 0 radical (unpaired) electrons. The fraction of sp³-hybridized carbons (Fsp3) is 0.750. The predicted molar refractivity (Wildman–Crippen MR) is 68.6 cm³/mol. The molecule has 3 amide bonds. The fourth-order valence-corrected chi connectivity index (χ4v) is 1.90. The zero-order valence-corrected chi connectivity index (χ0v) is 11.5. The quantitative estimate of drug-likeness (QED) is 0.671. The predicted octanol–water partition coefficient (Wildman–Crippen LogP) is 0.0156. The summed E-state index contributed by atoms with van der Waals surface area (Å²) in [6, 6.07) is -0.941. The molecule has 7 heteroatoms. The molecule has 3 N–H and O–H groups in total. The Labute approximate surface area is 112 Å². The number of amides is 3. The van der Waals surface area contributed by atoms with Gasteiger partial charge in [-0.2, -0.15) is 0 Å². The third-order valence-corrected chi connectivity index (χ3v) is 3.46. The molecular weight excluding hydrogens is 250 g/mol. The number of carboxylic acids is 1. The molecule has 108 valence electrons. The average Bonchev–Trinajstić information content (AvgIpc) is 2.32. The Balaban J connectivity index is 2.39. The van der Waals surface area contributed by atoms with E-state index in [1.54, 1.807) is 25.8 Å². The van der Waals surface area contributed by atoms with E-state index in [9.17, 15) is 14.4 Å². The van der Waals surface area contributed by atoms with Crippen LogP contribution in [0.25, 0.3) is 0 Å². The lowest BCUT2D eigenvalue weighted by Crippen LogP contribution is -2.53. The van der Waals surface area contributed by atoms with Gasteiger partial charge >= 0.3 is 12.0 Å². The van der Waals surface area contributed by atoms with Crippen molar-refractivity contribution in [2.45, 2.75) is 38.8 Å². The number of aliphatic carboxylic acids is 1. The number of hydrogen-bond acceptors (Lipinski definition) is 3. The molecule has 3 unspecified atom stereocenters. The Bertz CT molecular complexity index is 372. The van der Waals surface area contributed by atoms with Gasteiger partial charge in [-0.3, -0.25) is 9.59 Å². The topological polar surface area (TPSA) is 98.7 Å². The molecule has 1 saturated heterocycles. The van der Waals surface area contributed by atoms with Crippen molar-refractivity contribution < 1.29 is 19.5 Å². The van der Waals surface area contributed by atoms with E-state index in [4.69, 9.17) is 5.11 Å². The smallest absolute Gasteiger partial charge is 0.315 e. The first-order valence-electron chi connectivity index (χ1n) is 6.35. The molecule has 1 heterocycles. The fourth-order valence-electron chi connectivity index (χ4n) is 1.90. The van der Waals surface area contributed by atoms with E-state index < -0.39 is 24.0 Å². The maximum absolute atomic E-state index is 11.7. The van der Waals surface area contributed by atoms with Crippen molar-refractivity contribution in [2.24, 2.45) is 5.92 Å². The van der Waals surface area contributed by atoms with Crippen LogP contribution in [-0.2, 0) is 9.59 Å². The molecule has 0 bridgehead atoms. The molecule has 1 rings (SSSR count).